The molecule has 0 saturated heterocycles. The van der Waals surface area contributed by atoms with Gasteiger partial charge < -0.3 is 16.0 Å². The van der Waals surface area contributed by atoms with E-state index in [0.717, 1.165) is 10.5 Å². The minimum absolute atomic E-state index is 0.135. The first-order valence-corrected chi connectivity index (χ1v) is 17.9. The van der Waals surface area contributed by atoms with Crippen LogP contribution in [0.2, 0.25) is 10.0 Å². The summed E-state index contributed by atoms with van der Waals surface area (Å²) in [5.41, 5.74) is 2.86. The zero-order valence-electron chi connectivity index (χ0n) is 26.5. The van der Waals surface area contributed by atoms with Gasteiger partial charge >= 0.3 is 0 Å². The fraction of sp³-hybridized carbons (Fsp3) is 0.0256. The SMILES string of the molecule is O=C(Nc1ccc(SC(C(=O)Nc2nc(-c3ccc(Cl)cc3Cl)cs2)c2ccccc2)cc1)/C(=C/c1ccccc1F)NC(=O)c1ccccc1. The van der Waals surface area contributed by atoms with E-state index in [1.165, 1.54) is 47.4 Å². The van der Waals surface area contributed by atoms with Crippen molar-refractivity contribution in [1.29, 1.82) is 0 Å². The van der Waals surface area contributed by atoms with E-state index in [9.17, 15) is 18.8 Å². The van der Waals surface area contributed by atoms with Crippen LogP contribution >= 0.6 is 46.3 Å². The fourth-order valence-corrected chi connectivity index (χ4v) is 7.11. The Balaban J connectivity index is 1.17. The maximum atomic E-state index is 14.5. The van der Waals surface area contributed by atoms with Crippen LogP contribution in [0.5, 0.6) is 0 Å². The van der Waals surface area contributed by atoms with Gasteiger partial charge in [-0.2, -0.15) is 0 Å². The second-order valence-electron chi connectivity index (χ2n) is 10.9. The summed E-state index contributed by atoms with van der Waals surface area (Å²) in [6.45, 7) is 0. The van der Waals surface area contributed by atoms with Crippen molar-refractivity contribution in [2.24, 2.45) is 0 Å². The maximum absolute atomic E-state index is 14.5. The lowest BCUT2D eigenvalue weighted by Gasteiger charge is -2.17. The summed E-state index contributed by atoms with van der Waals surface area (Å²) in [6.07, 6.45) is 1.29. The molecule has 1 unspecified atom stereocenters. The topological polar surface area (TPSA) is 100 Å². The predicted octanol–water partition coefficient (Wildman–Crippen LogP) is 10.1. The van der Waals surface area contributed by atoms with Crippen molar-refractivity contribution in [3.05, 3.63) is 171 Å². The maximum Gasteiger partial charge on any atom is 0.272 e. The second kappa shape index (κ2) is 16.6. The average molecular weight is 754 g/mol. The van der Waals surface area contributed by atoms with Crippen molar-refractivity contribution in [1.82, 2.24) is 10.3 Å². The molecule has 12 heteroatoms. The van der Waals surface area contributed by atoms with Gasteiger partial charge in [0.1, 0.15) is 16.8 Å². The Hall–Kier alpha value is -5.26. The lowest BCUT2D eigenvalue weighted by atomic mass is 10.1. The molecular formula is C39H27Cl2FN4O3S2. The zero-order chi connectivity index (χ0) is 35.7. The molecule has 51 heavy (non-hydrogen) atoms. The summed E-state index contributed by atoms with van der Waals surface area (Å²) in [7, 11) is 0. The van der Waals surface area contributed by atoms with Gasteiger partial charge in [0.15, 0.2) is 5.13 Å². The van der Waals surface area contributed by atoms with Gasteiger partial charge in [0, 0.05) is 37.7 Å². The highest BCUT2D eigenvalue weighted by atomic mass is 35.5. The summed E-state index contributed by atoms with van der Waals surface area (Å²) in [5, 5.41) is 10.9. The largest absolute Gasteiger partial charge is 0.321 e. The number of benzene rings is 5. The molecule has 1 heterocycles. The van der Waals surface area contributed by atoms with E-state index in [4.69, 9.17) is 23.2 Å². The third-order valence-corrected chi connectivity index (χ3v) is 9.95. The first-order valence-electron chi connectivity index (χ1n) is 15.4. The van der Waals surface area contributed by atoms with E-state index < -0.39 is 22.9 Å². The van der Waals surface area contributed by atoms with E-state index in [-0.39, 0.29) is 17.2 Å². The molecule has 0 aliphatic rings. The number of nitrogens with one attached hydrogen (secondary N) is 3. The number of hydrogen-bond donors (Lipinski definition) is 3. The molecule has 1 atom stereocenters. The molecule has 5 aromatic carbocycles. The Bertz CT molecular complexity index is 2220. The number of nitrogens with zero attached hydrogens (tertiary/aromatic N) is 1. The normalized spacial score (nSPS) is 11.8. The summed E-state index contributed by atoms with van der Waals surface area (Å²) in [4.78, 5) is 45.4. The summed E-state index contributed by atoms with van der Waals surface area (Å²) in [5.74, 6) is -1.99. The molecule has 7 nitrogen and oxygen atoms in total. The van der Waals surface area contributed by atoms with Crippen molar-refractivity contribution in [3.63, 3.8) is 0 Å². The standard InChI is InChI=1S/C39H27Cl2FN4O3S2/c40-27-15-20-30(31(41)22-27)34-23-50-39(45-34)46-38(49)35(24-9-3-1-4-10-24)51-29-18-16-28(17-19-29)43-37(48)33(21-26-13-7-8-14-32(26)42)44-36(47)25-11-5-2-6-12-25/h1-23,35H,(H,43,48)(H,44,47)(H,45,46,49)/b33-21-. The minimum atomic E-state index is -0.646. The highest BCUT2D eigenvalue weighted by Crippen LogP contribution is 2.38. The molecular weight excluding hydrogens is 726 g/mol. The number of carbonyl (C=O) groups is 3. The number of aromatic nitrogens is 1. The van der Waals surface area contributed by atoms with Gasteiger partial charge in [-0.05, 0) is 72.3 Å². The first-order chi connectivity index (χ1) is 24.7. The number of thiazole rings is 1. The molecule has 3 amide bonds. The number of halogens is 3. The van der Waals surface area contributed by atoms with Crippen LogP contribution in [0.1, 0.15) is 26.7 Å². The number of rotatable bonds is 11. The average Bonchev–Trinajstić information content (AvgIpc) is 3.60. The highest BCUT2D eigenvalue weighted by Gasteiger charge is 2.24. The molecule has 0 saturated carbocycles. The molecule has 6 aromatic rings. The Morgan fingerprint density at radius 3 is 2.20 bits per heavy atom. The van der Waals surface area contributed by atoms with Gasteiger partial charge in [-0.15, -0.1) is 23.1 Å². The van der Waals surface area contributed by atoms with Crippen LogP contribution in [0.25, 0.3) is 17.3 Å². The van der Waals surface area contributed by atoms with Gasteiger partial charge in [-0.25, -0.2) is 9.37 Å². The Labute approximate surface area is 311 Å². The van der Waals surface area contributed by atoms with Crippen molar-refractivity contribution in [2.75, 3.05) is 10.6 Å². The Kier molecular flexibility index (Phi) is 11.6. The van der Waals surface area contributed by atoms with Gasteiger partial charge in [-0.3, -0.25) is 14.4 Å². The number of anilines is 2. The molecule has 1 aromatic heterocycles. The van der Waals surface area contributed by atoms with Crippen LogP contribution in [0.3, 0.4) is 0 Å². The highest BCUT2D eigenvalue weighted by molar-refractivity contribution is 8.00. The Morgan fingerprint density at radius 2 is 1.49 bits per heavy atom. The number of amides is 3. The Morgan fingerprint density at radius 1 is 0.804 bits per heavy atom. The monoisotopic (exact) mass is 752 g/mol. The van der Waals surface area contributed by atoms with Gasteiger partial charge in [0.05, 0.1) is 10.7 Å². The molecule has 0 spiro atoms. The first kappa shape index (κ1) is 35.6. The smallest absolute Gasteiger partial charge is 0.272 e. The van der Waals surface area contributed by atoms with Gasteiger partial charge in [-0.1, -0.05) is 89.9 Å². The van der Waals surface area contributed by atoms with Crippen LogP contribution in [-0.4, -0.2) is 22.7 Å². The lowest BCUT2D eigenvalue weighted by molar-refractivity contribution is -0.116. The van der Waals surface area contributed by atoms with Crippen molar-refractivity contribution >= 4 is 80.9 Å². The molecule has 3 N–H and O–H groups in total. The third-order valence-electron chi connectivity index (χ3n) is 7.38. The fourth-order valence-electron chi connectivity index (χ4n) is 4.87. The van der Waals surface area contributed by atoms with Gasteiger partial charge in [0.25, 0.3) is 11.8 Å². The summed E-state index contributed by atoms with van der Waals surface area (Å²) in [6, 6.07) is 35.8. The number of thioether (sulfide) groups is 1. The molecule has 0 bridgehead atoms. The second-order valence-corrected chi connectivity index (χ2v) is 13.8. The number of hydrogen-bond acceptors (Lipinski definition) is 6. The lowest BCUT2D eigenvalue weighted by Crippen LogP contribution is -2.30. The van der Waals surface area contributed by atoms with Crippen LogP contribution < -0.4 is 16.0 Å². The quantitative estimate of drug-likeness (QED) is 0.0904. The molecule has 254 valence electrons. The number of carbonyl (C=O) groups excluding carboxylic acids is 3. The van der Waals surface area contributed by atoms with E-state index in [0.29, 0.717) is 37.7 Å². The third kappa shape index (κ3) is 9.30. The van der Waals surface area contributed by atoms with Crippen molar-refractivity contribution in [3.8, 4) is 11.3 Å². The minimum Gasteiger partial charge on any atom is -0.321 e. The molecule has 6 rings (SSSR count). The van der Waals surface area contributed by atoms with E-state index in [1.807, 2.05) is 35.7 Å². The zero-order valence-corrected chi connectivity index (χ0v) is 29.6. The summed E-state index contributed by atoms with van der Waals surface area (Å²) < 4.78 is 14.5. The van der Waals surface area contributed by atoms with Crippen molar-refractivity contribution in [2.45, 2.75) is 10.1 Å². The molecule has 0 radical (unpaired) electrons. The molecule has 0 aliphatic heterocycles. The van der Waals surface area contributed by atoms with Crippen LogP contribution in [0.15, 0.2) is 143 Å². The molecule has 0 fully saturated rings. The predicted molar refractivity (Wildman–Crippen MR) is 205 cm³/mol. The van der Waals surface area contributed by atoms with Crippen LogP contribution in [0.4, 0.5) is 15.2 Å². The van der Waals surface area contributed by atoms with E-state index >= 15 is 0 Å². The van der Waals surface area contributed by atoms with Crippen LogP contribution in [0, 0.1) is 5.82 Å². The van der Waals surface area contributed by atoms with E-state index in [1.54, 1.807) is 78.9 Å². The van der Waals surface area contributed by atoms with Crippen LogP contribution in [-0.2, 0) is 9.59 Å². The summed E-state index contributed by atoms with van der Waals surface area (Å²) >= 11 is 15.0. The van der Waals surface area contributed by atoms with Gasteiger partial charge in [0.2, 0.25) is 5.91 Å². The van der Waals surface area contributed by atoms with E-state index in [2.05, 4.69) is 20.9 Å². The molecule has 0 aliphatic carbocycles. The van der Waals surface area contributed by atoms with Crippen molar-refractivity contribution < 1.29 is 18.8 Å².